The van der Waals surface area contributed by atoms with Crippen molar-refractivity contribution in [3.05, 3.63) is 66.5 Å². The monoisotopic (exact) mass is 428 g/mol. The number of carbonyl (C=O) groups excluding carboxylic acids is 1. The zero-order valence-corrected chi connectivity index (χ0v) is 16.3. The summed E-state index contributed by atoms with van der Waals surface area (Å²) in [4.78, 5) is 30.5. The van der Waals surface area contributed by atoms with Crippen molar-refractivity contribution in [3.8, 4) is 17.3 Å². The minimum atomic E-state index is -4.42. The number of benzene rings is 1. The van der Waals surface area contributed by atoms with Gasteiger partial charge in [0.05, 0.1) is 48.8 Å². The molecule has 1 aromatic carbocycles. The van der Waals surface area contributed by atoms with Crippen molar-refractivity contribution in [2.45, 2.75) is 6.18 Å². The number of nitrogens with zero attached hydrogens (tertiary/aromatic N) is 6. The molecule has 0 spiro atoms. The van der Waals surface area contributed by atoms with E-state index in [2.05, 4.69) is 19.9 Å². The topological polar surface area (TPSA) is 85.5 Å². The van der Waals surface area contributed by atoms with Crippen molar-refractivity contribution in [2.24, 2.45) is 0 Å². The summed E-state index contributed by atoms with van der Waals surface area (Å²) in [6.45, 7) is 0. The number of alkyl halides is 3. The molecule has 0 aliphatic heterocycles. The Hall–Kier alpha value is -4.02. The molecule has 4 aromatic rings. The largest absolute Gasteiger partial charge is 0.467 e. The Morgan fingerprint density at radius 1 is 1.00 bits per heavy atom. The number of fused-ring (bicyclic) bond motifs is 1. The molecule has 0 bridgehead atoms. The fourth-order valence-corrected chi connectivity index (χ4v) is 2.92. The number of ether oxygens (including phenoxy) is 1. The zero-order chi connectivity index (χ0) is 22.2. The Balaban J connectivity index is 1.67. The van der Waals surface area contributed by atoms with Gasteiger partial charge in [0.15, 0.2) is 5.65 Å². The summed E-state index contributed by atoms with van der Waals surface area (Å²) < 4.78 is 45.0. The van der Waals surface area contributed by atoms with Gasteiger partial charge in [-0.3, -0.25) is 9.20 Å². The third kappa shape index (κ3) is 3.89. The predicted octanol–water partition coefficient (Wildman–Crippen LogP) is 3.49. The fourth-order valence-electron chi connectivity index (χ4n) is 2.92. The molecule has 0 fully saturated rings. The highest BCUT2D eigenvalue weighted by Crippen LogP contribution is 2.31. The van der Waals surface area contributed by atoms with E-state index in [1.807, 2.05) is 0 Å². The molecule has 158 valence electrons. The van der Waals surface area contributed by atoms with E-state index < -0.39 is 17.6 Å². The van der Waals surface area contributed by atoms with Crippen LogP contribution in [0.5, 0.6) is 6.01 Å². The Morgan fingerprint density at radius 2 is 1.68 bits per heavy atom. The van der Waals surface area contributed by atoms with E-state index in [0.717, 1.165) is 12.1 Å². The molecule has 0 atom stereocenters. The Morgan fingerprint density at radius 3 is 2.29 bits per heavy atom. The van der Waals surface area contributed by atoms with E-state index in [-0.39, 0.29) is 11.7 Å². The third-order valence-electron chi connectivity index (χ3n) is 4.61. The standard InChI is InChI=1S/C20H15F3N6O2/c1-28(14-7-26-19(31-2)27-8-14)18(30)15-11-29-16(9-25-17(29)10-24-15)12-3-5-13(6-4-12)20(21,22)23/h3-11H,1-2H3. The molecule has 0 aliphatic carbocycles. The lowest BCUT2D eigenvalue weighted by Crippen LogP contribution is -2.27. The van der Waals surface area contributed by atoms with E-state index in [1.54, 1.807) is 11.4 Å². The number of amides is 1. The number of rotatable bonds is 4. The van der Waals surface area contributed by atoms with Crippen LogP contribution >= 0.6 is 0 Å². The van der Waals surface area contributed by atoms with Crippen molar-refractivity contribution in [2.75, 3.05) is 19.1 Å². The quantitative estimate of drug-likeness (QED) is 0.495. The number of hydrogen-bond acceptors (Lipinski definition) is 6. The number of methoxy groups -OCH3 is 1. The van der Waals surface area contributed by atoms with Gasteiger partial charge in [-0.1, -0.05) is 12.1 Å². The second kappa shape index (κ2) is 7.67. The van der Waals surface area contributed by atoms with Gasteiger partial charge in [-0.25, -0.2) is 19.9 Å². The van der Waals surface area contributed by atoms with Gasteiger partial charge in [-0.15, -0.1) is 0 Å². The normalized spacial score (nSPS) is 11.5. The molecule has 4 rings (SSSR count). The van der Waals surface area contributed by atoms with Crippen LogP contribution in [-0.2, 0) is 6.18 Å². The molecular weight excluding hydrogens is 413 g/mol. The van der Waals surface area contributed by atoms with Gasteiger partial charge >= 0.3 is 12.2 Å². The number of halogens is 3. The number of aromatic nitrogens is 5. The number of carbonyl (C=O) groups is 1. The van der Waals surface area contributed by atoms with Crippen LogP contribution in [0.3, 0.4) is 0 Å². The predicted molar refractivity (Wildman–Crippen MR) is 105 cm³/mol. The maximum Gasteiger partial charge on any atom is 0.416 e. The lowest BCUT2D eigenvalue weighted by molar-refractivity contribution is -0.137. The van der Waals surface area contributed by atoms with Crippen LogP contribution in [0.25, 0.3) is 16.9 Å². The average molecular weight is 428 g/mol. The van der Waals surface area contributed by atoms with Gasteiger partial charge in [-0.2, -0.15) is 13.2 Å². The van der Waals surface area contributed by atoms with Gasteiger partial charge in [0.2, 0.25) is 0 Å². The van der Waals surface area contributed by atoms with E-state index in [4.69, 9.17) is 4.74 Å². The van der Waals surface area contributed by atoms with Crippen LogP contribution in [0.2, 0.25) is 0 Å². The molecule has 0 radical (unpaired) electrons. The molecule has 31 heavy (non-hydrogen) atoms. The molecule has 0 unspecified atom stereocenters. The first-order valence-electron chi connectivity index (χ1n) is 8.93. The molecule has 11 heteroatoms. The van der Waals surface area contributed by atoms with Crippen LogP contribution in [-0.4, -0.2) is 44.4 Å². The van der Waals surface area contributed by atoms with Gasteiger partial charge in [0.25, 0.3) is 5.91 Å². The summed E-state index contributed by atoms with van der Waals surface area (Å²) in [6, 6.07) is 4.88. The Bertz CT molecular complexity index is 1240. The summed E-state index contributed by atoms with van der Waals surface area (Å²) in [6.07, 6.45) is 2.87. The molecule has 0 saturated heterocycles. The van der Waals surface area contributed by atoms with Crippen molar-refractivity contribution in [1.82, 2.24) is 24.3 Å². The van der Waals surface area contributed by atoms with Crippen LogP contribution in [0.15, 0.2) is 55.2 Å². The van der Waals surface area contributed by atoms with Crippen LogP contribution in [0.1, 0.15) is 16.1 Å². The summed E-state index contributed by atoms with van der Waals surface area (Å²) in [5.74, 6) is -0.428. The minimum Gasteiger partial charge on any atom is -0.467 e. The second-order valence-corrected chi connectivity index (χ2v) is 6.51. The van der Waals surface area contributed by atoms with Gasteiger partial charge in [0, 0.05) is 18.8 Å². The Kier molecular flexibility index (Phi) is 5.01. The first kappa shape index (κ1) is 20.3. The smallest absolute Gasteiger partial charge is 0.416 e. The SMILES string of the molecule is COc1ncc(N(C)C(=O)c2cn3c(-c4ccc(C(F)(F)F)cc4)cnc3cn2)cn1. The third-order valence-corrected chi connectivity index (χ3v) is 4.61. The summed E-state index contributed by atoms with van der Waals surface area (Å²) >= 11 is 0. The zero-order valence-electron chi connectivity index (χ0n) is 16.3. The van der Waals surface area contributed by atoms with Crippen LogP contribution in [0, 0.1) is 0 Å². The summed E-state index contributed by atoms with van der Waals surface area (Å²) in [7, 11) is 2.98. The Labute approximate surface area is 174 Å². The van der Waals surface area contributed by atoms with E-state index in [1.165, 1.54) is 55.1 Å². The van der Waals surface area contributed by atoms with Crippen molar-refractivity contribution >= 4 is 17.2 Å². The highest BCUT2D eigenvalue weighted by molar-refractivity contribution is 6.04. The van der Waals surface area contributed by atoms with Crippen molar-refractivity contribution in [1.29, 1.82) is 0 Å². The number of hydrogen-bond donors (Lipinski definition) is 0. The second-order valence-electron chi connectivity index (χ2n) is 6.51. The van der Waals surface area contributed by atoms with Gasteiger partial charge in [-0.05, 0) is 12.1 Å². The number of anilines is 1. The summed E-state index contributed by atoms with van der Waals surface area (Å²) in [5.41, 5.74) is 1.28. The maximum absolute atomic E-state index is 12.9. The minimum absolute atomic E-state index is 0.108. The van der Waals surface area contributed by atoms with Gasteiger partial charge < -0.3 is 9.64 Å². The van der Waals surface area contributed by atoms with Crippen LogP contribution in [0.4, 0.5) is 18.9 Å². The maximum atomic E-state index is 12.9. The first-order chi connectivity index (χ1) is 14.8. The van der Waals surface area contributed by atoms with Crippen molar-refractivity contribution < 1.29 is 22.7 Å². The fraction of sp³-hybridized carbons (Fsp3) is 0.150. The van der Waals surface area contributed by atoms with E-state index in [9.17, 15) is 18.0 Å². The van der Waals surface area contributed by atoms with E-state index >= 15 is 0 Å². The molecule has 0 N–H and O–H groups in total. The first-order valence-corrected chi connectivity index (χ1v) is 8.93. The number of imidazole rings is 1. The highest BCUT2D eigenvalue weighted by Gasteiger charge is 2.30. The van der Waals surface area contributed by atoms with Crippen molar-refractivity contribution in [3.63, 3.8) is 0 Å². The average Bonchev–Trinajstić information content (AvgIpc) is 3.21. The molecule has 3 heterocycles. The molecular formula is C20H15F3N6O2. The molecule has 8 nitrogen and oxygen atoms in total. The molecule has 0 aliphatic rings. The molecule has 3 aromatic heterocycles. The highest BCUT2D eigenvalue weighted by atomic mass is 19.4. The molecule has 0 saturated carbocycles. The molecule has 1 amide bonds. The van der Waals surface area contributed by atoms with Crippen LogP contribution < -0.4 is 9.64 Å². The lowest BCUT2D eigenvalue weighted by atomic mass is 10.1. The van der Waals surface area contributed by atoms with Gasteiger partial charge in [0.1, 0.15) is 5.69 Å². The summed E-state index contributed by atoms with van der Waals surface area (Å²) in [5, 5.41) is 0. The lowest BCUT2D eigenvalue weighted by Gasteiger charge is -2.16. The van der Waals surface area contributed by atoms with E-state index in [0.29, 0.717) is 22.6 Å².